The van der Waals surface area contributed by atoms with Crippen molar-refractivity contribution >= 4 is 27.7 Å². The van der Waals surface area contributed by atoms with Gasteiger partial charge in [0.25, 0.3) is 5.91 Å². The Hall–Kier alpha value is -2.34. The van der Waals surface area contributed by atoms with Gasteiger partial charge in [-0.05, 0) is 49.2 Å². The molecule has 26 heavy (non-hydrogen) atoms. The van der Waals surface area contributed by atoms with E-state index >= 15 is 0 Å². The summed E-state index contributed by atoms with van der Waals surface area (Å²) in [5.41, 5.74) is 1.98. The lowest BCUT2D eigenvalue weighted by molar-refractivity contribution is -0.142. The van der Waals surface area contributed by atoms with Crippen LogP contribution >= 0.6 is 15.9 Å². The third-order valence-corrected chi connectivity index (χ3v) is 4.50. The zero-order valence-corrected chi connectivity index (χ0v) is 16.7. The highest BCUT2D eigenvalue weighted by Gasteiger charge is 2.25. The molecular weight excluding hydrogens is 396 g/mol. The van der Waals surface area contributed by atoms with Crippen LogP contribution in [0.5, 0.6) is 5.75 Å². The normalized spacial score (nSPS) is 11.5. The van der Waals surface area contributed by atoms with E-state index in [4.69, 9.17) is 4.74 Å². The van der Waals surface area contributed by atoms with E-state index in [1.807, 2.05) is 49.4 Å². The van der Waals surface area contributed by atoms with Crippen LogP contribution < -0.4 is 10.1 Å². The Kier molecular flexibility index (Phi) is 7.21. The van der Waals surface area contributed by atoms with Crippen molar-refractivity contribution in [3.8, 4) is 5.75 Å². The molecule has 5 nitrogen and oxygen atoms in total. The smallest absolute Gasteiger partial charge is 0.261 e. The minimum atomic E-state index is -0.604. The maximum atomic E-state index is 12.8. The molecule has 1 atom stereocenters. The van der Waals surface area contributed by atoms with Gasteiger partial charge >= 0.3 is 0 Å². The Morgan fingerprint density at radius 2 is 1.92 bits per heavy atom. The quantitative estimate of drug-likeness (QED) is 0.750. The lowest BCUT2D eigenvalue weighted by Crippen LogP contribution is -2.48. The Morgan fingerprint density at radius 1 is 1.19 bits per heavy atom. The molecule has 2 amide bonds. The lowest BCUT2D eigenvalue weighted by atomic mass is 10.1. The molecule has 0 spiro atoms. The van der Waals surface area contributed by atoms with E-state index in [2.05, 4.69) is 21.2 Å². The topological polar surface area (TPSA) is 58.6 Å². The molecule has 0 saturated carbocycles. The third kappa shape index (κ3) is 5.59. The van der Waals surface area contributed by atoms with Crippen molar-refractivity contribution in [2.45, 2.75) is 26.4 Å². The number of halogens is 1. The minimum Gasteiger partial charge on any atom is -0.484 e. The maximum absolute atomic E-state index is 12.8. The number of carbonyl (C=O) groups is 2. The minimum absolute atomic E-state index is 0.126. The monoisotopic (exact) mass is 418 g/mol. The predicted octanol–water partition coefficient (Wildman–Crippen LogP) is 3.30. The molecule has 0 aliphatic rings. The number of benzene rings is 2. The van der Waals surface area contributed by atoms with Crippen molar-refractivity contribution in [3.05, 3.63) is 64.1 Å². The summed E-state index contributed by atoms with van der Waals surface area (Å²) in [6, 6.07) is 14.6. The van der Waals surface area contributed by atoms with E-state index < -0.39 is 6.04 Å². The molecule has 0 heterocycles. The molecule has 2 rings (SSSR count). The van der Waals surface area contributed by atoms with Gasteiger partial charge in [-0.3, -0.25) is 9.59 Å². The first-order chi connectivity index (χ1) is 12.4. The van der Waals surface area contributed by atoms with Crippen molar-refractivity contribution in [2.75, 3.05) is 13.7 Å². The van der Waals surface area contributed by atoms with Gasteiger partial charge in [0.05, 0.1) is 0 Å². The van der Waals surface area contributed by atoms with E-state index in [1.54, 1.807) is 20.0 Å². The van der Waals surface area contributed by atoms with Gasteiger partial charge in [0.2, 0.25) is 5.91 Å². The highest BCUT2D eigenvalue weighted by atomic mass is 79.9. The van der Waals surface area contributed by atoms with E-state index in [0.717, 1.165) is 15.6 Å². The Morgan fingerprint density at radius 3 is 2.58 bits per heavy atom. The van der Waals surface area contributed by atoms with Crippen LogP contribution in [0.4, 0.5) is 0 Å². The summed E-state index contributed by atoms with van der Waals surface area (Å²) in [5.74, 6) is 0.167. The third-order valence-electron chi connectivity index (χ3n) is 4.01. The second-order valence-electron chi connectivity index (χ2n) is 6.05. The number of hydrogen-bond acceptors (Lipinski definition) is 3. The highest BCUT2D eigenvalue weighted by Crippen LogP contribution is 2.16. The van der Waals surface area contributed by atoms with Crippen LogP contribution in [0.1, 0.15) is 18.1 Å². The Balaban J connectivity index is 2.13. The van der Waals surface area contributed by atoms with E-state index in [1.165, 1.54) is 4.90 Å². The van der Waals surface area contributed by atoms with E-state index in [0.29, 0.717) is 12.3 Å². The molecule has 6 heteroatoms. The fourth-order valence-electron chi connectivity index (χ4n) is 2.56. The predicted molar refractivity (Wildman–Crippen MR) is 105 cm³/mol. The number of ether oxygens (including phenoxy) is 1. The molecule has 0 fully saturated rings. The summed E-state index contributed by atoms with van der Waals surface area (Å²) in [5, 5.41) is 2.60. The molecule has 2 aromatic carbocycles. The summed E-state index contributed by atoms with van der Waals surface area (Å²) in [6.07, 6.45) is 0. The SMILES string of the molecule is CNC(=O)[C@H](C)N(Cc1cccc(Br)c1)C(=O)COc1cccc(C)c1. The molecule has 0 saturated heterocycles. The molecule has 1 N–H and O–H groups in total. The fraction of sp³-hybridized carbons (Fsp3) is 0.300. The standard InChI is InChI=1S/C20H23BrN2O3/c1-14-6-4-9-18(10-14)26-13-19(24)23(15(2)20(25)22-3)12-16-7-5-8-17(21)11-16/h4-11,15H,12-13H2,1-3H3,(H,22,25)/t15-/m0/s1. The molecule has 0 aromatic heterocycles. The first-order valence-corrected chi connectivity index (χ1v) is 9.15. The highest BCUT2D eigenvalue weighted by molar-refractivity contribution is 9.10. The van der Waals surface area contributed by atoms with E-state index in [9.17, 15) is 9.59 Å². The van der Waals surface area contributed by atoms with Crippen molar-refractivity contribution in [1.29, 1.82) is 0 Å². The molecule has 0 bridgehead atoms. The first kappa shape index (κ1) is 20.0. The first-order valence-electron chi connectivity index (χ1n) is 8.35. The van der Waals surface area contributed by atoms with Crippen LogP contribution in [0, 0.1) is 6.92 Å². The molecular formula is C20H23BrN2O3. The summed E-state index contributed by atoms with van der Waals surface area (Å²) in [7, 11) is 1.56. The molecule has 2 aromatic rings. The summed E-state index contributed by atoms with van der Waals surface area (Å²) < 4.78 is 6.54. The van der Waals surface area contributed by atoms with E-state index in [-0.39, 0.29) is 18.4 Å². The number of rotatable bonds is 7. The van der Waals surface area contributed by atoms with Crippen LogP contribution in [0.25, 0.3) is 0 Å². The number of likely N-dealkylation sites (N-methyl/N-ethyl adjacent to an activating group) is 1. The van der Waals surface area contributed by atoms with Crippen molar-refractivity contribution in [3.63, 3.8) is 0 Å². The second kappa shape index (κ2) is 9.38. The molecule has 0 aliphatic carbocycles. The van der Waals surface area contributed by atoms with Crippen LogP contribution in [-0.2, 0) is 16.1 Å². The van der Waals surface area contributed by atoms with Gasteiger partial charge in [-0.1, -0.05) is 40.2 Å². The van der Waals surface area contributed by atoms with Gasteiger partial charge in [0.1, 0.15) is 11.8 Å². The van der Waals surface area contributed by atoms with Crippen LogP contribution in [0.3, 0.4) is 0 Å². The number of amides is 2. The van der Waals surface area contributed by atoms with Gasteiger partial charge in [0, 0.05) is 18.1 Å². The van der Waals surface area contributed by atoms with Crippen LogP contribution in [-0.4, -0.2) is 36.4 Å². The van der Waals surface area contributed by atoms with Gasteiger partial charge in [-0.15, -0.1) is 0 Å². The van der Waals surface area contributed by atoms with Gasteiger partial charge in [-0.2, -0.15) is 0 Å². The number of hydrogen-bond donors (Lipinski definition) is 1. The van der Waals surface area contributed by atoms with Gasteiger partial charge < -0.3 is 15.0 Å². The largest absolute Gasteiger partial charge is 0.484 e. The van der Waals surface area contributed by atoms with Crippen molar-refractivity contribution in [2.24, 2.45) is 0 Å². The molecule has 0 aliphatic heterocycles. The van der Waals surface area contributed by atoms with Crippen LogP contribution in [0.2, 0.25) is 0 Å². The number of aryl methyl sites for hydroxylation is 1. The molecule has 138 valence electrons. The molecule has 0 unspecified atom stereocenters. The zero-order chi connectivity index (χ0) is 19.1. The summed E-state index contributed by atoms with van der Waals surface area (Å²) in [6.45, 7) is 3.87. The number of nitrogens with zero attached hydrogens (tertiary/aromatic N) is 1. The maximum Gasteiger partial charge on any atom is 0.261 e. The number of nitrogens with one attached hydrogen (secondary N) is 1. The van der Waals surface area contributed by atoms with Crippen molar-refractivity contribution < 1.29 is 14.3 Å². The van der Waals surface area contributed by atoms with Gasteiger partial charge in [-0.25, -0.2) is 0 Å². The average molecular weight is 419 g/mol. The summed E-state index contributed by atoms with van der Waals surface area (Å²) >= 11 is 3.43. The molecule has 0 radical (unpaired) electrons. The summed E-state index contributed by atoms with van der Waals surface area (Å²) in [4.78, 5) is 26.4. The van der Waals surface area contributed by atoms with Gasteiger partial charge in [0.15, 0.2) is 6.61 Å². The zero-order valence-electron chi connectivity index (χ0n) is 15.2. The fourth-order valence-corrected chi connectivity index (χ4v) is 3.00. The second-order valence-corrected chi connectivity index (χ2v) is 6.96. The van der Waals surface area contributed by atoms with Crippen LogP contribution in [0.15, 0.2) is 53.0 Å². The Bertz CT molecular complexity index is 779. The lowest BCUT2D eigenvalue weighted by Gasteiger charge is -2.28. The number of carbonyl (C=O) groups excluding carboxylic acids is 2. The van der Waals surface area contributed by atoms with Crippen molar-refractivity contribution in [1.82, 2.24) is 10.2 Å². The Labute approximate surface area is 162 Å². The average Bonchev–Trinajstić information content (AvgIpc) is 2.63.